The predicted octanol–water partition coefficient (Wildman–Crippen LogP) is 1.88. The zero-order valence-corrected chi connectivity index (χ0v) is 11.2. The smallest absolute Gasteiger partial charge is 0.134 e. The van der Waals surface area contributed by atoms with Gasteiger partial charge >= 0.3 is 0 Å². The first kappa shape index (κ1) is 13.5. The van der Waals surface area contributed by atoms with Crippen LogP contribution in [0.15, 0.2) is 6.07 Å². The highest BCUT2D eigenvalue weighted by atomic mass is 15.2. The quantitative estimate of drug-likeness (QED) is 0.784. The van der Waals surface area contributed by atoms with Crippen LogP contribution < -0.4 is 10.2 Å². The van der Waals surface area contributed by atoms with E-state index in [2.05, 4.69) is 41.0 Å². The van der Waals surface area contributed by atoms with Crippen molar-refractivity contribution in [3.8, 4) is 12.3 Å². The Morgan fingerprint density at radius 3 is 2.71 bits per heavy atom. The molecular weight excluding hydrogens is 210 g/mol. The first-order valence-corrected chi connectivity index (χ1v) is 5.94. The van der Waals surface area contributed by atoms with Crippen molar-refractivity contribution in [3.05, 3.63) is 22.9 Å². The Morgan fingerprint density at radius 1 is 1.47 bits per heavy atom. The summed E-state index contributed by atoms with van der Waals surface area (Å²) >= 11 is 0. The molecule has 0 saturated heterocycles. The summed E-state index contributed by atoms with van der Waals surface area (Å²) in [6, 6.07) is 2.11. The number of anilines is 1. The van der Waals surface area contributed by atoms with Gasteiger partial charge < -0.3 is 10.2 Å². The lowest BCUT2D eigenvalue weighted by molar-refractivity contribution is 0.785. The largest absolute Gasteiger partial charge is 0.345 e. The van der Waals surface area contributed by atoms with Crippen LogP contribution in [0.5, 0.6) is 0 Å². The lowest BCUT2D eigenvalue weighted by Crippen LogP contribution is -2.27. The van der Waals surface area contributed by atoms with Crippen LogP contribution in [-0.2, 0) is 6.54 Å². The van der Waals surface area contributed by atoms with E-state index in [1.807, 2.05) is 14.0 Å². The average Bonchev–Trinajstić information content (AvgIpc) is 2.29. The third-order valence-electron chi connectivity index (χ3n) is 2.77. The summed E-state index contributed by atoms with van der Waals surface area (Å²) in [6.45, 7) is 8.52. The Hall–Kier alpha value is -1.53. The van der Waals surface area contributed by atoms with E-state index < -0.39 is 0 Å². The monoisotopic (exact) mass is 231 g/mol. The van der Waals surface area contributed by atoms with E-state index in [0.29, 0.717) is 6.54 Å². The zero-order valence-electron chi connectivity index (χ0n) is 11.2. The molecule has 1 aromatic heterocycles. The first-order chi connectivity index (χ1) is 8.13. The van der Waals surface area contributed by atoms with Crippen LogP contribution in [-0.4, -0.2) is 25.1 Å². The summed E-state index contributed by atoms with van der Waals surface area (Å²) in [7, 11) is 1.94. The number of terminal acetylenes is 1. The Balaban J connectivity index is 3.23. The number of aromatic nitrogens is 1. The fraction of sp³-hybridized carbons (Fsp3) is 0.500. The summed E-state index contributed by atoms with van der Waals surface area (Å²) in [6.07, 6.45) is 5.41. The zero-order chi connectivity index (χ0) is 12.8. The molecule has 3 nitrogen and oxygen atoms in total. The summed E-state index contributed by atoms with van der Waals surface area (Å²) < 4.78 is 0. The van der Waals surface area contributed by atoms with E-state index in [-0.39, 0.29) is 0 Å². The Morgan fingerprint density at radius 2 is 2.18 bits per heavy atom. The van der Waals surface area contributed by atoms with E-state index in [4.69, 9.17) is 6.42 Å². The molecule has 92 valence electrons. The average molecular weight is 231 g/mol. The van der Waals surface area contributed by atoms with Crippen LogP contribution in [0.3, 0.4) is 0 Å². The van der Waals surface area contributed by atoms with Crippen molar-refractivity contribution >= 4 is 5.82 Å². The molecule has 0 atom stereocenters. The maximum Gasteiger partial charge on any atom is 0.134 e. The third-order valence-corrected chi connectivity index (χ3v) is 2.77. The van der Waals surface area contributed by atoms with Gasteiger partial charge in [0.25, 0.3) is 0 Å². The lowest BCUT2D eigenvalue weighted by Gasteiger charge is -2.24. The standard InChI is InChI=1S/C14H21N3/c1-6-8-17(7-2)14-13(10-15-5)11(3)9-12(4)16-14/h1,9,15H,7-8,10H2,2-5H3. The molecule has 1 aromatic rings. The van der Waals surface area contributed by atoms with Crippen molar-refractivity contribution in [2.24, 2.45) is 0 Å². The van der Waals surface area contributed by atoms with Gasteiger partial charge in [-0.3, -0.25) is 0 Å². The van der Waals surface area contributed by atoms with E-state index in [1.165, 1.54) is 11.1 Å². The van der Waals surface area contributed by atoms with Crippen molar-refractivity contribution in [1.82, 2.24) is 10.3 Å². The summed E-state index contributed by atoms with van der Waals surface area (Å²) in [4.78, 5) is 6.76. The van der Waals surface area contributed by atoms with Crippen LogP contribution in [0.25, 0.3) is 0 Å². The van der Waals surface area contributed by atoms with E-state index in [9.17, 15) is 0 Å². The Kier molecular flexibility index (Phi) is 4.99. The predicted molar refractivity (Wildman–Crippen MR) is 73.2 cm³/mol. The molecule has 0 unspecified atom stereocenters. The minimum atomic E-state index is 0.600. The number of nitrogens with one attached hydrogen (secondary N) is 1. The molecule has 1 rings (SSSR count). The minimum Gasteiger partial charge on any atom is -0.345 e. The van der Waals surface area contributed by atoms with E-state index in [1.54, 1.807) is 0 Å². The fourth-order valence-electron chi connectivity index (χ4n) is 1.95. The molecular formula is C14H21N3. The maximum absolute atomic E-state index is 5.41. The van der Waals surface area contributed by atoms with Gasteiger partial charge in [-0.1, -0.05) is 5.92 Å². The Bertz CT molecular complexity index is 418. The van der Waals surface area contributed by atoms with Crippen molar-refractivity contribution in [1.29, 1.82) is 0 Å². The van der Waals surface area contributed by atoms with Crippen molar-refractivity contribution in [2.45, 2.75) is 27.3 Å². The van der Waals surface area contributed by atoms with Crippen molar-refractivity contribution < 1.29 is 0 Å². The van der Waals surface area contributed by atoms with Crippen LogP contribution in [0.2, 0.25) is 0 Å². The highest BCUT2D eigenvalue weighted by Crippen LogP contribution is 2.22. The molecule has 0 fully saturated rings. The topological polar surface area (TPSA) is 28.2 Å². The normalized spacial score (nSPS) is 10.1. The van der Waals surface area contributed by atoms with E-state index >= 15 is 0 Å². The fourth-order valence-corrected chi connectivity index (χ4v) is 1.95. The van der Waals surface area contributed by atoms with E-state index in [0.717, 1.165) is 24.6 Å². The second-order valence-corrected chi connectivity index (χ2v) is 4.13. The van der Waals surface area contributed by atoms with Crippen molar-refractivity contribution in [2.75, 3.05) is 25.0 Å². The van der Waals surface area contributed by atoms with Crippen LogP contribution in [0.4, 0.5) is 5.82 Å². The third kappa shape index (κ3) is 3.21. The van der Waals surface area contributed by atoms with Gasteiger partial charge in [-0.05, 0) is 39.4 Å². The van der Waals surface area contributed by atoms with Gasteiger partial charge in [-0.2, -0.15) is 0 Å². The summed E-state index contributed by atoms with van der Waals surface area (Å²) in [5.74, 6) is 3.70. The van der Waals surface area contributed by atoms with Crippen LogP contribution >= 0.6 is 0 Å². The number of hydrogen-bond acceptors (Lipinski definition) is 3. The molecule has 1 heterocycles. The second kappa shape index (κ2) is 6.27. The molecule has 0 spiro atoms. The molecule has 0 amide bonds. The van der Waals surface area contributed by atoms with Gasteiger partial charge in [0.1, 0.15) is 5.82 Å². The molecule has 3 heteroatoms. The van der Waals surface area contributed by atoms with Gasteiger partial charge in [-0.15, -0.1) is 6.42 Å². The molecule has 1 N–H and O–H groups in total. The molecule has 0 aromatic carbocycles. The van der Waals surface area contributed by atoms with Crippen molar-refractivity contribution in [3.63, 3.8) is 0 Å². The molecule has 0 aliphatic heterocycles. The number of nitrogens with zero attached hydrogens (tertiary/aromatic N) is 2. The van der Waals surface area contributed by atoms with Gasteiger partial charge in [0.2, 0.25) is 0 Å². The maximum atomic E-state index is 5.41. The van der Waals surface area contributed by atoms with Crippen LogP contribution in [0.1, 0.15) is 23.7 Å². The second-order valence-electron chi connectivity index (χ2n) is 4.13. The minimum absolute atomic E-state index is 0.600. The lowest BCUT2D eigenvalue weighted by atomic mass is 10.1. The summed E-state index contributed by atoms with van der Waals surface area (Å²) in [5.41, 5.74) is 3.53. The van der Waals surface area contributed by atoms with Gasteiger partial charge in [0.05, 0.1) is 6.54 Å². The van der Waals surface area contributed by atoms with Crippen LogP contribution in [0, 0.1) is 26.2 Å². The van der Waals surface area contributed by atoms with Gasteiger partial charge in [0.15, 0.2) is 0 Å². The number of pyridine rings is 1. The molecule has 0 saturated carbocycles. The number of aryl methyl sites for hydroxylation is 2. The molecule has 0 bridgehead atoms. The molecule has 17 heavy (non-hydrogen) atoms. The highest BCUT2D eigenvalue weighted by Gasteiger charge is 2.13. The molecule has 0 aliphatic rings. The van der Waals surface area contributed by atoms with Gasteiger partial charge in [-0.25, -0.2) is 4.98 Å². The summed E-state index contributed by atoms with van der Waals surface area (Å²) in [5, 5.41) is 3.19. The number of hydrogen-bond donors (Lipinski definition) is 1. The Labute approximate surface area is 104 Å². The number of rotatable bonds is 5. The SMILES string of the molecule is C#CCN(CC)c1nc(C)cc(C)c1CNC. The van der Waals surface area contributed by atoms with Gasteiger partial charge in [0, 0.05) is 24.3 Å². The highest BCUT2D eigenvalue weighted by molar-refractivity contribution is 5.52. The molecule has 0 aliphatic carbocycles. The molecule has 0 radical (unpaired) electrons. The first-order valence-electron chi connectivity index (χ1n) is 5.94.